The maximum absolute atomic E-state index is 6.12. The van der Waals surface area contributed by atoms with Crippen LogP contribution in [0, 0.1) is 5.92 Å². The van der Waals surface area contributed by atoms with Crippen molar-refractivity contribution in [2.45, 2.75) is 32.3 Å². The quantitative estimate of drug-likeness (QED) is 0.330. The lowest BCUT2D eigenvalue weighted by atomic mass is 9.89. The molecule has 2 unspecified atom stereocenters. The minimum atomic E-state index is 0.102. The Hall–Kier alpha value is -2.57. The van der Waals surface area contributed by atoms with Crippen molar-refractivity contribution in [2.75, 3.05) is 45.3 Å². The predicted molar refractivity (Wildman–Crippen MR) is 126 cm³/mol. The van der Waals surface area contributed by atoms with Gasteiger partial charge < -0.3 is 24.8 Å². The third kappa shape index (κ3) is 7.56. The van der Waals surface area contributed by atoms with Gasteiger partial charge in [0.25, 0.3) is 0 Å². The SMILES string of the molecule is CCNC(=NCC1CCCOC1c1ccccc1)Nc1cccc(OCCCOC)c1. The van der Waals surface area contributed by atoms with Crippen molar-refractivity contribution < 1.29 is 14.2 Å². The highest BCUT2D eigenvalue weighted by Crippen LogP contribution is 2.33. The van der Waals surface area contributed by atoms with Crippen molar-refractivity contribution in [3.05, 3.63) is 60.2 Å². The molecule has 2 atom stereocenters. The van der Waals surface area contributed by atoms with Gasteiger partial charge in [-0.25, -0.2) is 0 Å². The van der Waals surface area contributed by atoms with Crippen molar-refractivity contribution in [1.29, 1.82) is 0 Å². The van der Waals surface area contributed by atoms with Crippen LogP contribution >= 0.6 is 0 Å². The Labute approximate surface area is 186 Å². The zero-order valence-corrected chi connectivity index (χ0v) is 18.7. The number of nitrogens with zero attached hydrogens (tertiary/aromatic N) is 1. The fourth-order valence-electron chi connectivity index (χ4n) is 3.75. The highest BCUT2D eigenvalue weighted by Gasteiger charge is 2.27. The average Bonchev–Trinajstić information content (AvgIpc) is 2.81. The summed E-state index contributed by atoms with van der Waals surface area (Å²) in [5, 5.41) is 6.75. The Morgan fingerprint density at radius 2 is 2.00 bits per heavy atom. The van der Waals surface area contributed by atoms with Crippen LogP contribution in [0.15, 0.2) is 59.6 Å². The molecular formula is C25H35N3O3. The van der Waals surface area contributed by atoms with E-state index in [9.17, 15) is 0 Å². The average molecular weight is 426 g/mol. The summed E-state index contributed by atoms with van der Waals surface area (Å²) in [5.74, 6) is 1.97. The van der Waals surface area contributed by atoms with Crippen molar-refractivity contribution in [3.63, 3.8) is 0 Å². The number of anilines is 1. The zero-order valence-electron chi connectivity index (χ0n) is 18.7. The van der Waals surface area contributed by atoms with E-state index in [1.165, 1.54) is 5.56 Å². The largest absolute Gasteiger partial charge is 0.493 e. The number of guanidine groups is 1. The summed E-state index contributed by atoms with van der Waals surface area (Å²) in [6.07, 6.45) is 3.17. The smallest absolute Gasteiger partial charge is 0.195 e. The van der Waals surface area contributed by atoms with Crippen LogP contribution in [0.5, 0.6) is 5.75 Å². The maximum Gasteiger partial charge on any atom is 0.195 e. The molecule has 2 N–H and O–H groups in total. The third-order valence-corrected chi connectivity index (χ3v) is 5.26. The molecule has 1 aliphatic rings. The predicted octanol–water partition coefficient (Wildman–Crippen LogP) is 4.65. The molecule has 0 aliphatic carbocycles. The Balaban J connectivity index is 1.63. The van der Waals surface area contributed by atoms with Crippen molar-refractivity contribution >= 4 is 11.6 Å². The van der Waals surface area contributed by atoms with E-state index in [1.54, 1.807) is 7.11 Å². The molecule has 2 aromatic carbocycles. The number of hydrogen-bond donors (Lipinski definition) is 2. The number of benzene rings is 2. The molecule has 0 radical (unpaired) electrons. The first-order valence-corrected chi connectivity index (χ1v) is 11.2. The molecule has 0 aromatic heterocycles. The Morgan fingerprint density at radius 1 is 1.13 bits per heavy atom. The van der Waals surface area contributed by atoms with Gasteiger partial charge in [-0.1, -0.05) is 36.4 Å². The lowest BCUT2D eigenvalue weighted by molar-refractivity contribution is -0.0250. The van der Waals surface area contributed by atoms with Crippen LogP contribution in [0.2, 0.25) is 0 Å². The number of ether oxygens (including phenoxy) is 3. The summed E-state index contributed by atoms with van der Waals surface area (Å²) in [6, 6.07) is 18.4. The van der Waals surface area contributed by atoms with E-state index in [4.69, 9.17) is 19.2 Å². The van der Waals surface area contributed by atoms with Crippen molar-refractivity contribution in [2.24, 2.45) is 10.9 Å². The van der Waals surface area contributed by atoms with Gasteiger partial charge >= 0.3 is 0 Å². The molecule has 0 spiro atoms. The molecule has 3 rings (SSSR count). The van der Waals surface area contributed by atoms with E-state index < -0.39 is 0 Å². The van der Waals surface area contributed by atoms with E-state index in [0.29, 0.717) is 25.7 Å². The number of aliphatic imine (C=N–C) groups is 1. The van der Waals surface area contributed by atoms with Crippen LogP contribution in [0.4, 0.5) is 5.69 Å². The maximum atomic E-state index is 6.12. The fraction of sp³-hybridized carbons (Fsp3) is 0.480. The van der Waals surface area contributed by atoms with E-state index in [0.717, 1.165) is 49.8 Å². The lowest BCUT2D eigenvalue weighted by Gasteiger charge is -2.31. The molecule has 1 aliphatic heterocycles. The van der Waals surface area contributed by atoms with Gasteiger partial charge in [-0.15, -0.1) is 0 Å². The minimum Gasteiger partial charge on any atom is -0.493 e. The van der Waals surface area contributed by atoms with E-state index in [2.05, 4.69) is 41.8 Å². The molecular weight excluding hydrogens is 390 g/mol. The Bertz CT molecular complexity index is 798. The number of rotatable bonds is 10. The first-order valence-electron chi connectivity index (χ1n) is 11.2. The summed E-state index contributed by atoms with van der Waals surface area (Å²) in [6.45, 7) is 5.72. The van der Waals surface area contributed by atoms with Crippen LogP contribution in [-0.4, -0.2) is 46.0 Å². The molecule has 6 nitrogen and oxygen atoms in total. The summed E-state index contributed by atoms with van der Waals surface area (Å²) in [4.78, 5) is 4.88. The van der Waals surface area contributed by atoms with Gasteiger partial charge in [0.1, 0.15) is 5.75 Å². The van der Waals surface area contributed by atoms with Crippen LogP contribution in [0.1, 0.15) is 37.9 Å². The van der Waals surface area contributed by atoms with E-state index in [-0.39, 0.29) is 6.10 Å². The summed E-state index contributed by atoms with van der Waals surface area (Å²) in [7, 11) is 1.70. The normalized spacial score (nSPS) is 19.1. The first kappa shape index (κ1) is 23.1. The Kier molecular flexibility index (Phi) is 9.67. The van der Waals surface area contributed by atoms with Crippen molar-refractivity contribution in [3.8, 4) is 5.75 Å². The monoisotopic (exact) mass is 425 g/mol. The molecule has 1 fully saturated rings. The zero-order chi connectivity index (χ0) is 21.7. The second-order valence-corrected chi connectivity index (χ2v) is 7.67. The standard InChI is InChI=1S/C25H35N3O3/c1-3-26-25(28-22-13-7-14-23(18-22)30-17-9-15-29-2)27-19-21-12-8-16-31-24(21)20-10-5-4-6-11-20/h4-7,10-11,13-14,18,21,24H,3,8-9,12,15-17,19H2,1-2H3,(H2,26,27,28). The minimum absolute atomic E-state index is 0.102. The van der Waals surface area contributed by atoms with E-state index >= 15 is 0 Å². The molecule has 6 heteroatoms. The van der Waals surface area contributed by atoms with Gasteiger partial charge in [-0.05, 0) is 37.5 Å². The molecule has 1 saturated heterocycles. The number of methoxy groups -OCH3 is 1. The van der Waals surface area contributed by atoms with Crippen LogP contribution in [0.3, 0.4) is 0 Å². The van der Waals surface area contributed by atoms with Gasteiger partial charge in [0, 0.05) is 57.5 Å². The summed E-state index contributed by atoms with van der Waals surface area (Å²) >= 11 is 0. The molecule has 2 aromatic rings. The van der Waals surface area contributed by atoms with Gasteiger partial charge in [0.05, 0.1) is 12.7 Å². The third-order valence-electron chi connectivity index (χ3n) is 5.26. The molecule has 1 heterocycles. The second-order valence-electron chi connectivity index (χ2n) is 7.67. The van der Waals surface area contributed by atoms with Crippen LogP contribution < -0.4 is 15.4 Å². The van der Waals surface area contributed by atoms with Crippen molar-refractivity contribution in [1.82, 2.24) is 5.32 Å². The molecule has 31 heavy (non-hydrogen) atoms. The second kappa shape index (κ2) is 13.0. The highest BCUT2D eigenvalue weighted by atomic mass is 16.5. The van der Waals surface area contributed by atoms with Gasteiger partial charge in [-0.3, -0.25) is 4.99 Å². The number of hydrogen-bond acceptors (Lipinski definition) is 4. The first-order chi connectivity index (χ1) is 15.3. The van der Waals surface area contributed by atoms with Gasteiger partial charge in [0.2, 0.25) is 0 Å². The molecule has 0 bridgehead atoms. The summed E-state index contributed by atoms with van der Waals surface area (Å²) in [5.41, 5.74) is 2.18. The van der Waals surface area contributed by atoms with Gasteiger partial charge in [-0.2, -0.15) is 0 Å². The Morgan fingerprint density at radius 3 is 2.81 bits per heavy atom. The molecule has 0 saturated carbocycles. The summed E-state index contributed by atoms with van der Waals surface area (Å²) < 4.78 is 17.0. The van der Waals surface area contributed by atoms with Crippen LogP contribution in [0.25, 0.3) is 0 Å². The number of nitrogens with one attached hydrogen (secondary N) is 2. The molecule has 0 amide bonds. The van der Waals surface area contributed by atoms with Gasteiger partial charge in [0.15, 0.2) is 5.96 Å². The topological polar surface area (TPSA) is 64.1 Å². The highest BCUT2D eigenvalue weighted by molar-refractivity contribution is 5.93. The molecule has 168 valence electrons. The van der Waals surface area contributed by atoms with E-state index in [1.807, 2.05) is 30.3 Å². The fourth-order valence-corrected chi connectivity index (χ4v) is 3.75. The van der Waals surface area contributed by atoms with Crippen LogP contribution in [-0.2, 0) is 9.47 Å². The lowest BCUT2D eigenvalue weighted by Crippen LogP contribution is -2.32.